The number of aromatic nitrogens is 2. The Balaban J connectivity index is 1.81. The van der Waals surface area contributed by atoms with E-state index < -0.39 is 28.0 Å². The Kier molecular flexibility index (Phi) is 5.64. The van der Waals surface area contributed by atoms with Crippen LogP contribution in [-0.4, -0.2) is 35.7 Å². The highest BCUT2D eigenvalue weighted by Gasteiger charge is 2.28. The lowest BCUT2D eigenvalue weighted by atomic mass is 10.1. The number of carbonyl (C=O) groups is 1. The molecule has 0 spiro atoms. The zero-order valence-electron chi connectivity index (χ0n) is 15.4. The third-order valence-corrected chi connectivity index (χ3v) is 6.47. The molecular weight excluding hydrogens is 402 g/mol. The predicted octanol–water partition coefficient (Wildman–Crippen LogP) is 3.16. The largest absolute Gasteiger partial charge is 0.480 e. The van der Waals surface area contributed by atoms with E-state index in [0.717, 1.165) is 9.75 Å². The van der Waals surface area contributed by atoms with E-state index in [1.165, 1.54) is 24.3 Å². The molecule has 0 aliphatic heterocycles. The number of hydrogen-bond acceptors (Lipinski definition) is 7. The van der Waals surface area contributed by atoms with Gasteiger partial charge in [0.05, 0.1) is 9.77 Å². The second-order valence-corrected chi connectivity index (χ2v) is 9.54. The number of thiophene rings is 1. The fraction of sp³-hybridized carbons (Fsp3) is 0.278. The van der Waals surface area contributed by atoms with Gasteiger partial charge >= 0.3 is 5.97 Å². The van der Waals surface area contributed by atoms with Gasteiger partial charge in [-0.05, 0) is 49.2 Å². The van der Waals surface area contributed by atoms with Crippen LogP contribution in [0.3, 0.4) is 0 Å². The number of carboxylic acids is 1. The Morgan fingerprint density at radius 2 is 1.86 bits per heavy atom. The Hall–Kier alpha value is -2.56. The summed E-state index contributed by atoms with van der Waals surface area (Å²) in [5, 5.41) is 13.1. The maximum absolute atomic E-state index is 12.5. The van der Waals surface area contributed by atoms with Crippen molar-refractivity contribution in [3.05, 3.63) is 41.3 Å². The van der Waals surface area contributed by atoms with Crippen LogP contribution < -0.4 is 4.72 Å². The number of rotatable bonds is 7. The maximum atomic E-state index is 12.5. The van der Waals surface area contributed by atoms with Gasteiger partial charge in [0.15, 0.2) is 0 Å². The Labute approximate surface area is 166 Å². The first-order chi connectivity index (χ1) is 13.2. The van der Waals surface area contributed by atoms with Crippen LogP contribution in [0.4, 0.5) is 0 Å². The molecule has 1 unspecified atom stereocenters. The first-order valence-electron chi connectivity index (χ1n) is 8.43. The van der Waals surface area contributed by atoms with Crippen LogP contribution in [0.15, 0.2) is 45.8 Å². The molecule has 2 N–H and O–H groups in total. The second kappa shape index (κ2) is 7.82. The lowest BCUT2D eigenvalue weighted by Crippen LogP contribution is -2.44. The molecule has 0 aliphatic carbocycles. The summed E-state index contributed by atoms with van der Waals surface area (Å²) < 4.78 is 32.4. The van der Waals surface area contributed by atoms with Gasteiger partial charge in [0.2, 0.25) is 15.8 Å². The average molecular weight is 422 g/mol. The van der Waals surface area contributed by atoms with Gasteiger partial charge in [0.1, 0.15) is 6.04 Å². The third-order valence-electron chi connectivity index (χ3n) is 4.01. The molecule has 8 nitrogen and oxygen atoms in total. The van der Waals surface area contributed by atoms with Crippen LogP contribution in [0, 0.1) is 12.8 Å². The Bertz CT molecular complexity index is 1080. The van der Waals surface area contributed by atoms with Crippen LogP contribution in [0.25, 0.3) is 22.2 Å². The summed E-state index contributed by atoms with van der Waals surface area (Å²) in [5.74, 6) is -0.891. The predicted molar refractivity (Wildman–Crippen MR) is 104 cm³/mol. The number of sulfonamides is 1. The highest BCUT2D eigenvalue weighted by atomic mass is 32.2. The van der Waals surface area contributed by atoms with Gasteiger partial charge in [-0.1, -0.05) is 19.0 Å². The summed E-state index contributed by atoms with van der Waals surface area (Å²) in [7, 11) is -3.98. The number of benzene rings is 1. The van der Waals surface area contributed by atoms with E-state index in [-0.39, 0.29) is 10.8 Å². The topological polar surface area (TPSA) is 122 Å². The molecule has 0 bridgehead atoms. The minimum absolute atomic E-state index is 0.0447. The van der Waals surface area contributed by atoms with Crippen LogP contribution in [0.2, 0.25) is 0 Å². The average Bonchev–Trinajstić information content (AvgIpc) is 3.28. The molecule has 0 saturated carbocycles. The molecule has 148 valence electrons. The molecular formula is C18H19N3O5S2. The van der Waals surface area contributed by atoms with E-state index in [1.54, 1.807) is 25.2 Å². The second-order valence-electron chi connectivity index (χ2n) is 6.54. The molecule has 10 heteroatoms. The molecule has 0 radical (unpaired) electrons. The van der Waals surface area contributed by atoms with E-state index in [1.807, 2.05) is 19.1 Å². The van der Waals surface area contributed by atoms with E-state index in [2.05, 4.69) is 14.9 Å². The fourth-order valence-corrected chi connectivity index (χ4v) is 4.61. The molecule has 3 aromatic rings. The SMILES string of the molecule is Cc1ccc(-c2noc(-c3ccc(S(=O)(=O)NC(C(=O)O)C(C)C)cc3)n2)s1. The minimum atomic E-state index is -3.98. The number of nitrogens with one attached hydrogen (secondary N) is 1. The maximum Gasteiger partial charge on any atom is 0.322 e. The van der Waals surface area contributed by atoms with Crippen molar-refractivity contribution < 1.29 is 22.8 Å². The summed E-state index contributed by atoms with van der Waals surface area (Å²) in [6, 6.07) is 8.48. The molecule has 1 atom stereocenters. The van der Waals surface area contributed by atoms with Crippen LogP contribution >= 0.6 is 11.3 Å². The van der Waals surface area contributed by atoms with Crippen molar-refractivity contribution in [1.29, 1.82) is 0 Å². The van der Waals surface area contributed by atoms with Crippen LogP contribution in [0.1, 0.15) is 18.7 Å². The molecule has 0 amide bonds. The van der Waals surface area contributed by atoms with E-state index in [4.69, 9.17) is 4.52 Å². The summed E-state index contributed by atoms with van der Waals surface area (Å²) in [4.78, 5) is 17.6. The normalized spacial score (nSPS) is 13.0. The first kappa shape index (κ1) is 20.2. The van der Waals surface area contributed by atoms with Gasteiger partial charge < -0.3 is 9.63 Å². The molecule has 2 heterocycles. The Morgan fingerprint density at radius 3 is 2.39 bits per heavy atom. The quantitative estimate of drug-likeness (QED) is 0.601. The monoisotopic (exact) mass is 421 g/mol. The number of hydrogen-bond donors (Lipinski definition) is 2. The van der Waals surface area contributed by atoms with E-state index >= 15 is 0 Å². The van der Waals surface area contributed by atoms with E-state index in [0.29, 0.717) is 11.4 Å². The highest BCUT2D eigenvalue weighted by molar-refractivity contribution is 7.89. The van der Waals surface area contributed by atoms with Crippen molar-refractivity contribution in [2.75, 3.05) is 0 Å². The van der Waals surface area contributed by atoms with Gasteiger partial charge in [-0.15, -0.1) is 11.3 Å². The molecule has 28 heavy (non-hydrogen) atoms. The lowest BCUT2D eigenvalue weighted by Gasteiger charge is -2.17. The third kappa shape index (κ3) is 4.29. The zero-order chi connectivity index (χ0) is 20.5. The van der Waals surface area contributed by atoms with E-state index in [9.17, 15) is 18.3 Å². The number of aliphatic carboxylic acids is 1. The number of carboxylic acid groups (broad SMARTS) is 1. The summed E-state index contributed by atoms with van der Waals surface area (Å²) in [6.45, 7) is 5.25. The van der Waals surface area contributed by atoms with Gasteiger partial charge in [0.25, 0.3) is 5.89 Å². The van der Waals surface area contributed by atoms with Crippen molar-refractivity contribution in [3.8, 4) is 22.2 Å². The Morgan fingerprint density at radius 1 is 1.18 bits per heavy atom. The fourth-order valence-electron chi connectivity index (χ4n) is 2.48. The number of aryl methyl sites for hydroxylation is 1. The molecule has 3 rings (SSSR count). The lowest BCUT2D eigenvalue weighted by molar-refractivity contribution is -0.140. The smallest absolute Gasteiger partial charge is 0.322 e. The van der Waals surface area contributed by atoms with Crippen molar-refractivity contribution in [2.45, 2.75) is 31.7 Å². The highest BCUT2D eigenvalue weighted by Crippen LogP contribution is 2.28. The summed E-state index contributed by atoms with van der Waals surface area (Å²) >= 11 is 1.54. The van der Waals surface area contributed by atoms with Crippen molar-refractivity contribution in [2.24, 2.45) is 5.92 Å². The minimum Gasteiger partial charge on any atom is -0.480 e. The van der Waals surface area contributed by atoms with Gasteiger partial charge in [-0.2, -0.15) is 9.71 Å². The number of nitrogens with zero attached hydrogens (tertiary/aromatic N) is 2. The molecule has 0 saturated heterocycles. The standard InChI is InChI=1S/C18H19N3O5S2/c1-10(2)15(18(22)23)21-28(24,25)13-7-5-12(6-8-13)17-19-16(20-26-17)14-9-4-11(3)27-14/h4-10,15,21H,1-3H3,(H,22,23). The molecule has 2 aromatic heterocycles. The van der Waals surface area contributed by atoms with Crippen molar-refractivity contribution in [3.63, 3.8) is 0 Å². The first-order valence-corrected chi connectivity index (χ1v) is 10.7. The van der Waals surface area contributed by atoms with Crippen LogP contribution in [-0.2, 0) is 14.8 Å². The molecule has 0 aliphatic rings. The van der Waals surface area contributed by atoms with Crippen LogP contribution in [0.5, 0.6) is 0 Å². The van der Waals surface area contributed by atoms with Crippen molar-refractivity contribution in [1.82, 2.24) is 14.9 Å². The summed E-state index contributed by atoms with van der Waals surface area (Å²) in [5.41, 5.74) is 0.560. The van der Waals surface area contributed by atoms with Gasteiger partial charge in [0, 0.05) is 10.4 Å². The molecule has 0 fully saturated rings. The van der Waals surface area contributed by atoms with Gasteiger partial charge in [-0.25, -0.2) is 8.42 Å². The van der Waals surface area contributed by atoms with Gasteiger partial charge in [-0.3, -0.25) is 4.79 Å². The summed E-state index contributed by atoms with van der Waals surface area (Å²) in [6.07, 6.45) is 0. The zero-order valence-corrected chi connectivity index (χ0v) is 17.0. The van der Waals surface area contributed by atoms with Crippen molar-refractivity contribution >= 4 is 27.3 Å². The molecule has 1 aromatic carbocycles.